The van der Waals surface area contributed by atoms with Crippen molar-refractivity contribution in [1.29, 1.82) is 0 Å². The molecule has 182 valence electrons. The van der Waals surface area contributed by atoms with Crippen molar-refractivity contribution in [3.05, 3.63) is 114 Å². The molecule has 5 rings (SSSR count). The van der Waals surface area contributed by atoms with Crippen LogP contribution in [-0.4, -0.2) is 28.5 Å². The van der Waals surface area contributed by atoms with Crippen LogP contribution in [0.15, 0.2) is 97.1 Å². The van der Waals surface area contributed by atoms with E-state index in [0.717, 1.165) is 33.6 Å². The van der Waals surface area contributed by atoms with Gasteiger partial charge in [0.25, 0.3) is 5.91 Å². The molecule has 37 heavy (non-hydrogen) atoms. The summed E-state index contributed by atoms with van der Waals surface area (Å²) in [7, 11) is 0. The molecular weight excluding hydrogens is 462 g/mol. The number of esters is 1. The van der Waals surface area contributed by atoms with Gasteiger partial charge in [-0.15, -0.1) is 0 Å². The maximum absolute atomic E-state index is 12.7. The SMILES string of the molecule is Cc1cc(C)cc(NC(=O)COC(=O)c2ccc3nc(-c4ccccc4)c(-c4ccccc4)nc3c2)c1. The van der Waals surface area contributed by atoms with E-state index >= 15 is 0 Å². The van der Waals surface area contributed by atoms with E-state index in [0.29, 0.717) is 22.3 Å². The first-order chi connectivity index (χ1) is 18.0. The van der Waals surface area contributed by atoms with Gasteiger partial charge in [-0.3, -0.25) is 4.79 Å². The van der Waals surface area contributed by atoms with Crippen molar-refractivity contribution in [2.75, 3.05) is 11.9 Å². The lowest BCUT2D eigenvalue weighted by atomic mass is 10.0. The van der Waals surface area contributed by atoms with E-state index in [9.17, 15) is 9.59 Å². The summed E-state index contributed by atoms with van der Waals surface area (Å²) in [5.41, 5.74) is 7.62. The van der Waals surface area contributed by atoms with Crippen molar-refractivity contribution in [3.8, 4) is 22.5 Å². The smallest absolute Gasteiger partial charge is 0.338 e. The minimum atomic E-state index is -0.604. The molecule has 0 saturated heterocycles. The van der Waals surface area contributed by atoms with E-state index in [4.69, 9.17) is 14.7 Å². The second-order valence-corrected chi connectivity index (χ2v) is 8.86. The Labute approximate surface area is 215 Å². The maximum atomic E-state index is 12.7. The zero-order valence-corrected chi connectivity index (χ0v) is 20.6. The molecule has 4 aromatic carbocycles. The summed E-state index contributed by atoms with van der Waals surface area (Å²) in [5, 5.41) is 2.77. The molecule has 0 radical (unpaired) electrons. The van der Waals surface area contributed by atoms with Crippen LogP contribution in [0, 0.1) is 13.8 Å². The lowest BCUT2D eigenvalue weighted by Crippen LogP contribution is -2.21. The maximum Gasteiger partial charge on any atom is 0.338 e. The summed E-state index contributed by atoms with van der Waals surface area (Å²) < 4.78 is 5.28. The van der Waals surface area contributed by atoms with Gasteiger partial charge >= 0.3 is 5.97 Å². The first-order valence-corrected chi connectivity index (χ1v) is 11.9. The molecule has 1 N–H and O–H groups in total. The quantitative estimate of drug-likeness (QED) is 0.281. The number of fused-ring (bicyclic) bond motifs is 1. The molecule has 1 amide bonds. The van der Waals surface area contributed by atoms with Gasteiger partial charge in [0.2, 0.25) is 0 Å². The molecule has 0 bridgehead atoms. The Kier molecular flexibility index (Phi) is 6.72. The molecule has 0 atom stereocenters. The van der Waals surface area contributed by atoms with Crippen LogP contribution < -0.4 is 5.32 Å². The highest BCUT2D eigenvalue weighted by atomic mass is 16.5. The lowest BCUT2D eigenvalue weighted by Gasteiger charge is -2.11. The molecule has 6 nitrogen and oxygen atoms in total. The van der Waals surface area contributed by atoms with Gasteiger partial charge in [-0.2, -0.15) is 0 Å². The van der Waals surface area contributed by atoms with Crippen LogP contribution in [0.5, 0.6) is 0 Å². The number of aryl methyl sites for hydroxylation is 2. The third kappa shape index (κ3) is 5.54. The Morgan fingerprint density at radius 2 is 1.27 bits per heavy atom. The standard InChI is InChI=1S/C31H25N3O3/c1-20-15-21(2)17-25(16-20)32-28(35)19-37-31(36)24-13-14-26-27(18-24)34-30(23-11-7-4-8-12-23)29(33-26)22-9-5-3-6-10-22/h3-18H,19H2,1-2H3,(H,32,35). The van der Waals surface area contributed by atoms with Gasteiger partial charge in [0.1, 0.15) is 0 Å². The number of hydrogen-bond donors (Lipinski definition) is 1. The monoisotopic (exact) mass is 487 g/mol. The van der Waals surface area contributed by atoms with E-state index in [2.05, 4.69) is 5.32 Å². The summed E-state index contributed by atoms with van der Waals surface area (Å²) in [5.74, 6) is -1.01. The highest BCUT2D eigenvalue weighted by molar-refractivity contribution is 5.97. The molecule has 0 aliphatic carbocycles. The molecule has 1 heterocycles. The number of nitrogens with zero attached hydrogens (tertiary/aromatic N) is 2. The minimum absolute atomic E-state index is 0.299. The Morgan fingerprint density at radius 1 is 0.703 bits per heavy atom. The van der Waals surface area contributed by atoms with E-state index in [1.165, 1.54) is 0 Å². The third-order valence-electron chi connectivity index (χ3n) is 5.83. The van der Waals surface area contributed by atoms with E-state index in [-0.39, 0.29) is 0 Å². The number of hydrogen-bond acceptors (Lipinski definition) is 5. The van der Waals surface area contributed by atoms with Crippen LogP contribution in [0.1, 0.15) is 21.5 Å². The highest BCUT2D eigenvalue weighted by Gasteiger charge is 2.16. The molecule has 0 saturated carbocycles. The highest BCUT2D eigenvalue weighted by Crippen LogP contribution is 2.31. The van der Waals surface area contributed by atoms with Crippen molar-refractivity contribution in [2.24, 2.45) is 0 Å². The number of amides is 1. The fourth-order valence-electron chi connectivity index (χ4n) is 4.23. The van der Waals surface area contributed by atoms with Crippen molar-refractivity contribution in [2.45, 2.75) is 13.8 Å². The van der Waals surface area contributed by atoms with Gasteiger partial charge in [0.15, 0.2) is 6.61 Å². The first kappa shape index (κ1) is 23.9. The molecule has 0 spiro atoms. The number of carbonyl (C=O) groups excluding carboxylic acids is 2. The number of benzene rings is 4. The number of rotatable bonds is 6. The van der Waals surface area contributed by atoms with E-state index < -0.39 is 18.5 Å². The second-order valence-electron chi connectivity index (χ2n) is 8.86. The van der Waals surface area contributed by atoms with Crippen molar-refractivity contribution < 1.29 is 14.3 Å². The summed E-state index contributed by atoms with van der Waals surface area (Å²) in [4.78, 5) is 34.9. The normalized spacial score (nSPS) is 10.8. The van der Waals surface area contributed by atoms with Crippen LogP contribution in [-0.2, 0) is 9.53 Å². The number of carbonyl (C=O) groups is 2. The summed E-state index contributed by atoms with van der Waals surface area (Å²) in [6, 6.07) is 30.5. The molecule has 1 aromatic heterocycles. The predicted molar refractivity (Wildman–Crippen MR) is 145 cm³/mol. The fourth-order valence-corrected chi connectivity index (χ4v) is 4.23. The van der Waals surface area contributed by atoms with Crippen LogP contribution in [0.2, 0.25) is 0 Å². The lowest BCUT2D eigenvalue weighted by molar-refractivity contribution is -0.119. The molecule has 0 aliphatic rings. The summed E-state index contributed by atoms with van der Waals surface area (Å²) in [6.07, 6.45) is 0. The molecule has 0 fully saturated rings. The van der Waals surface area contributed by atoms with Gasteiger partial charge in [-0.05, 0) is 55.3 Å². The van der Waals surface area contributed by atoms with Crippen LogP contribution in [0.4, 0.5) is 5.69 Å². The Morgan fingerprint density at radius 3 is 1.86 bits per heavy atom. The summed E-state index contributed by atoms with van der Waals surface area (Å²) in [6.45, 7) is 3.52. The van der Waals surface area contributed by atoms with Gasteiger partial charge in [-0.25, -0.2) is 14.8 Å². The molecule has 0 unspecified atom stereocenters. The third-order valence-corrected chi connectivity index (χ3v) is 5.83. The fraction of sp³-hybridized carbons (Fsp3) is 0.0968. The predicted octanol–water partition coefficient (Wildman–Crippen LogP) is 6.38. The minimum Gasteiger partial charge on any atom is -0.452 e. The average Bonchev–Trinajstić information content (AvgIpc) is 2.91. The molecule has 0 aliphatic heterocycles. The zero-order chi connectivity index (χ0) is 25.8. The number of aromatic nitrogens is 2. The van der Waals surface area contributed by atoms with Gasteiger partial charge < -0.3 is 10.1 Å². The summed E-state index contributed by atoms with van der Waals surface area (Å²) >= 11 is 0. The van der Waals surface area contributed by atoms with E-state index in [1.807, 2.05) is 92.7 Å². The van der Waals surface area contributed by atoms with Gasteiger partial charge in [0.05, 0.1) is 28.0 Å². The Bertz CT molecular complexity index is 1580. The van der Waals surface area contributed by atoms with Gasteiger partial charge in [0, 0.05) is 16.8 Å². The Balaban J connectivity index is 1.39. The molecule has 5 aromatic rings. The van der Waals surface area contributed by atoms with Gasteiger partial charge in [-0.1, -0.05) is 66.7 Å². The van der Waals surface area contributed by atoms with Crippen molar-refractivity contribution in [1.82, 2.24) is 9.97 Å². The molecular formula is C31H25N3O3. The van der Waals surface area contributed by atoms with Crippen molar-refractivity contribution >= 4 is 28.6 Å². The largest absolute Gasteiger partial charge is 0.452 e. The topological polar surface area (TPSA) is 81.2 Å². The van der Waals surface area contributed by atoms with Crippen LogP contribution in [0.25, 0.3) is 33.5 Å². The van der Waals surface area contributed by atoms with Crippen molar-refractivity contribution in [3.63, 3.8) is 0 Å². The second kappa shape index (κ2) is 10.4. The first-order valence-electron chi connectivity index (χ1n) is 11.9. The number of anilines is 1. The van der Waals surface area contributed by atoms with Crippen LogP contribution in [0.3, 0.4) is 0 Å². The van der Waals surface area contributed by atoms with Crippen LogP contribution >= 0.6 is 0 Å². The number of nitrogens with one attached hydrogen (secondary N) is 1. The Hall–Kier alpha value is -4.84. The zero-order valence-electron chi connectivity index (χ0n) is 20.6. The average molecular weight is 488 g/mol. The number of ether oxygens (including phenoxy) is 1. The van der Waals surface area contributed by atoms with E-state index in [1.54, 1.807) is 18.2 Å². The molecule has 6 heteroatoms.